The van der Waals surface area contributed by atoms with Gasteiger partial charge in [-0.25, -0.2) is 25.6 Å². The molecule has 0 aliphatic rings. The number of rotatable bonds is 2. The average molecular weight is 237 g/mol. The van der Waals surface area contributed by atoms with Gasteiger partial charge in [-0.05, 0) is 0 Å². The third-order valence-corrected chi connectivity index (χ3v) is 2.03. The first-order valence-corrected chi connectivity index (χ1v) is 5.42. The molecule has 0 aliphatic heterocycles. The molecule has 0 saturated carbocycles. The number of nitriles is 4. The lowest BCUT2D eigenvalue weighted by atomic mass is 9.30. The van der Waals surface area contributed by atoms with E-state index in [4.69, 9.17) is 21.0 Å². The van der Waals surface area contributed by atoms with Gasteiger partial charge in [0, 0.05) is 18.6 Å². The molecule has 0 atom stereocenters. The van der Waals surface area contributed by atoms with E-state index in [1.54, 1.807) is 0 Å². The molecule has 0 radical (unpaired) electrons. The number of pyridine rings is 1. The van der Waals surface area contributed by atoms with E-state index in [1.807, 2.05) is 6.07 Å². The lowest BCUT2D eigenvalue weighted by molar-refractivity contribution is -0.697. The second kappa shape index (κ2) is 8.34. The second-order valence-electron chi connectivity index (χ2n) is 3.50. The van der Waals surface area contributed by atoms with Gasteiger partial charge in [0.1, 0.15) is 6.54 Å². The number of hydrogen-bond acceptors (Lipinski definition) is 4. The molecular weight excluding hydrogens is 225 g/mol. The molecule has 0 amide bonds. The normalized spacial score (nSPS) is 8.50. The van der Waals surface area contributed by atoms with Crippen LogP contribution in [0.15, 0.2) is 30.6 Å². The van der Waals surface area contributed by atoms with E-state index in [2.05, 4.69) is 36.0 Å². The van der Waals surface area contributed by atoms with E-state index in [9.17, 15) is 0 Å². The van der Waals surface area contributed by atoms with E-state index in [0.29, 0.717) is 0 Å². The van der Waals surface area contributed by atoms with Gasteiger partial charge in [0.25, 0.3) is 0 Å². The first-order chi connectivity index (χ1) is 8.67. The number of hydrogen-bond donors (Lipinski definition) is 0. The van der Waals surface area contributed by atoms with E-state index in [1.165, 1.54) is 30.3 Å². The predicted molar refractivity (Wildman–Crippen MR) is 65.1 cm³/mol. The van der Waals surface area contributed by atoms with Gasteiger partial charge in [-0.15, -0.1) is 23.9 Å². The summed E-state index contributed by atoms with van der Waals surface area (Å²) in [6.45, 7) is 3.31. The lowest BCUT2D eigenvalue weighted by Crippen LogP contribution is -2.31. The molecule has 0 fully saturated rings. The zero-order valence-corrected chi connectivity index (χ0v) is 10.1. The van der Waals surface area contributed by atoms with Crippen molar-refractivity contribution in [1.29, 1.82) is 21.0 Å². The molecular formula is C12H12BN5. The SMILES string of the molecule is CCC[n+]1ccccc1.N#C[B-](C#N)(C#N)C#N. The summed E-state index contributed by atoms with van der Waals surface area (Å²) in [5, 5.41) is 32.3. The van der Waals surface area contributed by atoms with Crippen molar-refractivity contribution in [2.75, 3.05) is 0 Å². The van der Waals surface area contributed by atoms with Crippen LogP contribution in [0.1, 0.15) is 13.3 Å². The van der Waals surface area contributed by atoms with Gasteiger partial charge in [0.2, 0.25) is 0 Å². The fourth-order valence-corrected chi connectivity index (χ4v) is 1.01. The van der Waals surface area contributed by atoms with Crippen molar-refractivity contribution in [2.45, 2.75) is 19.9 Å². The van der Waals surface area contributed by atoms with E-state index < -0.39 is 6.15 Å². The summed E-state index contributed by atoms with van der Waals surface area (Å²) in [4.78, 5) is 0. The molecule has 0 aromatic carbocycles. The quantitative estimate of drug-likeness (QED) is 0.567. The lowest BCUT2D eigenvalue weighted by Gasteiger charge is -1.98. The van der Waals surface area contributed by atoms with Crippen molar-refractivity contribution in [3.63, 3.8) is 0 Å². The molecule has 0 unspecified atom stereocenters. The highest BCUT2D eigenvalue weighted by molar-refractivity contribution is 7.05. The van der Waals surface area contributed by atoms with Crippen molar-refractivity contribution < 1.29 is 4.57 Å². The van der Waals surface area contributed by atoms with Crippen LogP contribution < -0.4 is 4.57 Å². The van der Waals surface area contributed by atoms with E-state index >= 15 is 0 Å². The number of aromatic nitrogens is 1. The zero-order valence-electron chi connectivity index (χ0n) is 10.1. The van der Waals surface area contributed by atoms with E-state index in [0.717, 1.165) is 6.54 Å². The fourth-order valence-electron chi connectivity index (χ4n) is 1.01. The maximum atomic E-state index is 8.09. The number of nitrogens with zero attached hydrogens (tertiary/aromatic N) is 5. The highest BCUT2D eigenvalue weighted by Gasteiger charge is 2.22. The minimum Gasteiger partial charge on any atom is -0.245 e. The Bertz CT molecular complexity index is 465. The Morgan fingerprint density at radius 1 is 0.889 bits per heavy atom. The van der Waals surface area contributed by atoms with Crippen molar-refractivity contribution in [3.05, 3.63) is 30.6 Å². The maximum absolute atomic E-state index is 8.09. The fraction of sp³-hybridized carbons (Fsp3) is 0.250. The molecule has 88 valence electrons. The second-order valence-corrected chi connectivity index (χ2v) is 3.50. The number of aryl methyl sites for hydroxylation is 1. The molecule has 1 aromatic heterocycles. The Morgan fingerprint density at radius 2 is 1.33 bits per heavy atom. The highest BCUT2D eigenvalue weighted by atomic mass is 14.9. The van der Waals surface area contributed by atoms with Crippen molar-refractivity contribution in [1.82, 2.24) is 0 Å². The molecule has 0 spiro atoms. The highest BCUT2D eigenvalue weighted by Crippen LogP contribution is 1.92. The Hall–Kier alpha value is -2.83. The summed E-state index contributed by atoms with van der Waals surface area (Å²) < 4.78 is 2.18. The third kappa shape index (κ3) is 4.80. The van der Waals surface area contributed by atoms with Gasteiger partial charge >= 0.3 is 6.15 Å². The average Bonchev–Trinajstić information content (AvgIpc) is 2.44. The Labute approximate surface area is 107 Å². The summed E-state index contributed by atoms with van der Waals surface area (Å²) in [5.74, 6) is 5.38. The molecule has 6 heteroatoms. The molecule has 18 heavy (non-hydrogen) atoms. The minimum atomic E-state index is -2.72. The summed E-state index contributed by atoms with van der Waals surface area (Å²) in [5.41, 5.74) is 0. The van der Waals surface area contributed by atoms with Gasteiger partial charge < -0.3 is 0 Å². The van der Waals surface area contributed by atoms with Crippen molar-refractivity contribution in [3.8, 4) is 23.9 Å². The van der Waals surface area contributed by atoms with Gasteiger partial charge in [0.05, 0.1) is 0 Å². The zero-order chi connectivity index (χ0) is 13.9. The summed E-state index contributed by atoms with van der Waals surface area (Å²) in [6, 6.07) is 6.14. The van der Waals surface area contributed by atoms with Crippen LogP contribution in [0.5, 0.6) is 0 Å². The largest absolute Gasteiger partial charge is 0.383 e. The predicted octanol–water partition coefficient (Wildman–Crippen LogP) is 1.07. The van der Waals surface area contributed by atoms with Crippen LogP contribution in [0.3, 0.4) is 0 Å². The molecule has 1 aromatic rings. The van der Waals surface area contributed by atoms with Crippen LogP contribution in [0.2, 0.25) is 0 Å². The third-order valence-electron chi connectivity index (χ3n) is 2.03. The molecule has 0 aliphatic carbocycles. The first-order valence-electron chi connectivity index (χ1n) is 5.42. The smallest absolute Gasteiger partial charge is 0.245 e. The van der Waals surface area contributed by atoms with Crippen molar-refractivity contribution >= 4 is 6.15 Å². The maximum Gasteiger partial charge on any atom is 0.383 e. The van der Waals surface area contributed by atoms with Crippen molar-refractivity contribution in [2.24, 2.45) is 0 Å². The van der Waals surface area contributed by atoms with Gasteiger partial charge in [0.15, 0.2) is 12.4 Å². The van der Waals surface area contributed by atoms with Crippen LogP contribution >= 0.6 is 0 Å². The van der Waals surface area contributed by atoms with Crippen LogP contribution in [0, 0.1) is 44.9 Å². The molecule has 0 bridgehead atoms. The van der Waals surface area contributed by atoms with Gasteiger partial charge in [-0.2, -0.15) is 0 Å². The Balaban J connectivity index is 0.000000321. The Morgan fingerprint density at radius 3 is 1.61 bits per heavy atom. The molecule has 5 nitrogen and oxygen atoms in total. The first kappa shape index (κ1) is 15.2. The topological polar surface area (TPSA) is 99.0 Å². The molecule has 1 heterocycles. The van der Waals surface area contributed by atoms with Crippen LogP contribution in [-0.4, -0.2) is 6.15 Å². The molecule has 1 rings (SSSR count). The Kier molecular flexibility index (Phi) is 7.03. The monoisotopic (exact) mass is 237 g/mol. The van der Waals surface area contributed by atoms with Crippen LogP contribution in [0.25, 0.3) is 0 Å². The summed E-state index contributed by atoms with van der Waals surface area (Å²) in [7, 11) is 0. The summed E-state index contributed by atoms with van der Waals surface area (Å²) >= 11 is 0. The standard InChI is InChI=1S/C8H12N.C4BN4/c1-2-6-9-7-4-3-5-8-9;6-1-5(2-7,3-8)4-9/h3-5,7-8H,2,6H2,1H3;/q+1;-1. The van der Waals surface area contributed by atoms with Crippen LogP contribution in [0.4, 0.5) is 0 Å². The van der Waals surface area contributed by atoms with Crippen LogP contribution in [-0.2, 0) is 6.54 Å². The summed E-state index contributed by atoms with van der Waals surface area (Å²) in [6.07, 6.45) is 2.65. The molecule has 0 N–H and O–H groups in total. The van der Waals surface area contributed by atoms with E-state index in [-0.39, 0.29) is 0 Å². The molecule has 0 saturated heterocycles. The van der Waals surface area contributed by atoms with Gasteiger partial charge in [-0.1, -0.05) is 13.0 Å². The minimum absolute atomic E-state index is 1.13. The van der Waals surface area contributed by atoms with Gasteiger partial charge in [-0.3, -0.25) is 0 Å².